The van der Waals surface area contributed by atoms with E-state index in [0.29, 0.717) is 0 Å². The maximum Gasteiger partial charge on any atom is 0.0857 e. The molecule has 10 heteroatoms. The lowest BCUT2D eigenvalue weighted by Gasteiger charge is -2.24. The van der Waals surface area contributed by atoms with E-state index in [1.165, 1.54) is 11.1 Å². The van der Waals surface area contributed by atoms with Crippen LogP contribution in [0, 0.1) is 0 Å². The van der Waals surface area contributed by atoms with E-state index < -0.39 is 0 Å². The van der Waals surface area contributed by atoms with Crippen molar-refractivity contribution in [1.82, 2.24) is 41.7 Å². The quantitative estimate of drug-likeness (QED) is 0.299. The van der Waals surface area contributed by atoms with Crippen LogP contribution in [0.3, 0.4) is 0 Å². The highest BCUT2D eigenvalue weighted by molar-refractivity contribution is 5.42. The SMILES string of the molecule is c1cc(N=Nc2ccc(CN3CCNCCNCCNCC3)cc2)ccc1CN1CCNCCNCCNCC1. The molecule has 0 aliphatic carbocycles. The van der Waals surface area contributed by atoms with E-state index in [-0.39, 0.29) is 0 Å². The Morgan fingerprint density at radius 3 is 0.975 bits per heavy atom. The minimum Gasteiger partial charge on any atom is -0.314 e. The molecule has 2 fully saturated rings. The van der Waals surface area contributed by atoms with E-state index in [9.17, 15) is 0 Å². The third kappa shape index (κ3) is 12.5. The molecular formula is C30H50N10. The molecule has 4 rings (SSSR count). The van der Waals surface area contributed by atoms with E-state index in [1.807, 2.05) is 0 Å². The lowest BCUT2D eigenvalue weighted by Crippen LogP contribution is -2.41. The Bertz CT molecular complexity index is 848. The largest absolute Gasteiger partial charge is 0.314 e. The second kappa shape index (κ2) is 19.0. The van der Waals surface area contributed by atoms with Crippen LogP contribution in [0.15, 0.2) is 58.8 Å². The van der Waals surface area contributed by atoms with Crippen LogP contribution in [0.4, 0.5) is 11.4 Å². The highest BCUT2D eigenvalue weighted by atomic mass is 15.2. The van der Waals surface area contributed by atoms with Gasteiger partial charge in [0.05, 0.1) is 11.4 Å². The molecule has 0 unspecified atom stereocenters. The predicted octanol–water partition coefficient (Wildman–Crippen LogP) is 1.27. The van der Waals surface area contributed by atoms with Crippen molar-refractivity contribution in [2.45, 2.75) is 13.1 Å². The summed E-state index contributed by atoms with van der Waals surface area (Å²) in [6, 6.07) is 17.0. The van der Waals surface area contributed by atoms with Gasteiger partial charge < -0.3 is 31.9 Å². The summed E-state index contributed by atoms with van der Waals surface area (Å²) >= 11 is 0. The Morgan fingerprint density at radius 1 is 0.400 bits per heavy atom. The molecule has 0 aromatic heterocycles. The fourth-order valence-corrected chi connectivity index (χ4v) is 4.91. The number of nitrogens with zero attached hydrogens (tertiary/aromatic N) is 4. The van der Waals surface area contributed by atoms with Gasteiger partial charge in [0, 0.05) is 118 Å². The fourth-order valence-electron chi connectivity index (χ4n) is 4.91. The minimum absolute atomic E-state index is 0.881. The molecule has 2 aromatic rings. The molecule has 2 aliphatic heterocycles. The van der Waals surface area contributed by atoms with Crippen molar-refractivity contribution in [2.24, 2.45) is 10.2 Å². The maximum absolute atomic E-state index is 4.49. The molecule has 0 spiro atoms. The Balaban J connectivity index is 1.24. The van der Waals surface area contributed by atoms with Crippen LogP contribution in [-0.2, 0) is 13.1 Å². The molecule has 220 valence electrons. The lowest BCUT2D eigenvalue weighted by molar-refractivity contribution is 0.263. The summed E-state index contributed by atoms with van der Waals surface area (Å²) in [6.07, 6.45) is 0. The first-order valence-electron chi connectivity index (χ1n) is 15.1. The van der Waals surface area contributed by atoms with Gasteiger partial charge in [-0.15, -0.1) is 0 Å². The topological polar surface area (TPSA) is 103 Å². The first kappa shape index (κ1) is 30.7. The van der Waals surface area contributed by atoms with Crippen LogP contribution >= 0.6 is 0 Å². The standard InChI is InChI=1S/C30H50N10/c1-5-29(6-2-27(1)25-39-21-17-33-13-9-31-10-14-34-18-22-39)37-38-30-7-3-28(4-8-30)26-40-23-19-35-15-11-32-12-16-36-20-24-40/h1-8,31-36H,9-26H2. The summed E-state index contributed by atoms with van der Waals surface area (Å²) in [6.45, 7) is 18.3. The normalized spacial score (nSPS) is 20.7. The number of nitrogens with one attached hydrogen (secondary N) is 6. The molecule has 0 saturated carbocycles. The number of hydrogen-bond acceptors (Lipinski definition) is 10. The van der Waals surface area contributed by atoms with E-state index in [1.54, 1.807) is 0 Å². The van der Waals surface area contributed by atoms with Crippen molar-refractivity contribution in [2.75, 3.05) is 105 Å². The zero-order valence-corrected chi connectivity index (χ0v) is 24.1. The van der Waals surface area contributed by atoms with Gasteiger partial charge in [-0.1, -0.05) is 24.3 Å². The van der Waals surface area contributed by atoms with E-state index >= 15 is 0 Å². The van der Waals surface area contributed by atoms with Gasteiger partial charge in [0.25, 0.3) is 0 Å². The van der Waals surface area contributed by atoms with Crippen LogP contribution < -0.4 is 31.9 Å². The van der Waals surface area contributed by atoms with Crippen LogP contribution in [0.25, 0.3) is 0 Å². The molecule has 10 nitrogen and oxygen atoms in total. The first-order valence-corrected chi connectivity index (χ1v) is 15.1. The van der Waals surface area contributed by atoms with Crippen molar-refractivity contribution in [3.63, 3.8) is 0 Å². The summed E-state index contributed by atoms with van der Waals surface area (Å²) < 4.78 is 0. The Labute approximate surface area is 240 Å². The van der Waals surface area contributed by atoms with Crippen molar-refractivity contribution >= 4 is 11.4 Å². The molecule has 0 bridgehead atoms. The molecule has 0 atom stereocenters. The van der Waals surface area contributed by atoms with E-state index in [4.69, 9.17) is 0 Å². The molecule has 6 N–H and O–H groups in total. The van der Waals surface area contributed by atoms with Gasteiger partial charge in [-0.25, -0.2) is 0 Å². The maximum atomic E-state index is 4.49. The average Bonchev–Trinajstić information content (AvgIpc) is 2.96. The van der Waals surface area contributed by atoms with Crippen LogP contribution in [0.2, 0.25) is 0 Å². The van der Waals surface area contributed by atoms with Crippen molar-refractivity contribution in [3.8, 4) is 0 Å². The van der Waals surface area contributed by atoms with E-state index in [0.717, 1.165) is 129 Å². The summed E-state index contributed by atoms with van der Waals surface area (Å²) in [5.41, 5.74) is 4.38. The van der Waals surface area contributed by atoms with Gasteiger partial charge in [-0.05, 0) is 35.4 Å². The van der Waals surface area contributed by atoms with E-state index in [2.05, 4.69) is 100 Å². The highest BCUT2D eigenvalue weighted by Gasteiger charge is 2.08. The minimum atomic E-state index is 0.881. The number of benzene rings is 2. The Kier molecular flexibility index (Phi) is 14.5. The van der Waals surface area contributed by atoms with Gasteiger partial charge in [0.1, 0.15) is 0 Å². The van der Waals surface area contributed by atoms with Crippen molar-refractivity contribution < 1.29 is 0 Å². The Hall–Kier alpha value is -2.28. The average molecular weight is 551 g/mol. The van der Waals surface area contributed by atoms with Crippen LogP contribution in [-0.4, -0.2) is 115 Å². The third-order valence-corrected chi connectivity index (χ3v) is 7.30. The monoisotopic (exact) mass is 550 g/mol. The zero-order valence-electron chi connectivity index (χ0n) is 24.1. The predicted molar refractivity (Wildman–Crippen MR) is 165 cm³/mol. The van der Waals surface area contributed by atoms with Crippen LogP contribution in [0.1, 0.15) is 11.1 Å². The molecule has 2 aromatic carbocycles. The molecular weight excluding hydrogens is 500 g/mol. The van der Waals surface area contributed by atoms with Gasteiger partial charge >= 0.3 is 0 Å². The van der Waals surface area contributed by atoms with Crippen LogP contribution in [0.5, 0.6) is 0 Å². The lowest BCUT2D eigenvalue weighted by atomic mass is 10.2. The molecule has 0 amide bonds. The van der Waals surface area contributed by atoms with Gasteiger partial charge in [-0.2, -0.15) is 10.2 Å². The zero-order chi connectivity index (χ0) is 27.5. The molecule has 2 heterocycles. The van der Waals surface area contributed by atoms with Gasteiger partial charge in [0.2, 0.25) is 0 Å². The molecule has 2 saturated heterocycles. The second-order valence-electron chi connectivity index (χ2n) is 10.6. The summed E-state index contributed by atoms with van der Waals surface area (Å²) in [7, 11) is 0. The first-order chi connectivity index (χ1) is 19.8. The summed E-state index contributed by atoms with van der Waals surface area (Å²) in [4.78, 5) is 5.02. The summed E-state index contributed by atoms with van der Waals surface area (Å²) in [5, 5.41) is 30.0. The third-order valence-electron chi connectivity index (χ3n) is 7.30. The summed E-state index contributed by atoms with van der Waals surface area (Å²) in [5.74, 6) is 0. The smallest absolute Gasteiger partial charge is 0.0857 e. The van der Waals surface area contributed by atoms with Gasteiger partial charge in [0.15, 0.2) is 0 Å². The molecule has 2 aliphatic rings. The number of hydrogen-bond donors (Lipinski definition) is 6. The van der Waals surface area contributed by atoms with Gasteiger partial charge in [-0.3, -0.25) is 9.80 Å². The van der Waals surface area contributed by atoms with Crippen molar-refractivity contribution in [1.29, 1.82) is 0 Å². The Morgan fingerprint density at radius 2 is 0.675 bits per heavy atom. The molecule has 0 radical (unpaired) electrons. The second-order valence-corrected chi connectivity index (χ2v) is 10.6. The number of azo groups is 1. The number of rotatable bonds is 6. The fraction of sp³-hybridized carbons (Fsp3) is 0.600. The highest BCUT2D eigenvalue weighted by Crippen LogP contribution is 2.20. The van der Waals surface area contributed by atoms with Crippen molar-refractivity contribution in [3.05, 3.63) is 59.7 Å². The molecule has 40 heavy (non-hydrogen) atoms.